The number of likely N-dealkylation sites (N-methyl/N-ethyl adjacent to an activating group) is 1. The minimum Gasteiger partial charge on any atom is -0.352 e. The summed E-state index contributed by atoms with van der Waals surface area (Å²) in [4.78, 5) is 18.3. The molecule has 6 nitrogen and oxygen atoms in total. The molecular formula is C15H20F3N5O. The number of amides is 1. The highest BCUT2D eigenvalue weighted by Gasteiger charge is 2.34. The van der Waals surface area contributed by atoms with E-state index in [9.17, 15) is 18.0 Å². The van der Waals surface area contributed by atoms with Gasteiger partial charge in [0, 0.05) is 26.2 Å². The SMILES string of the molecule is CN1CCCC1C(=O)N1CCN(c2ccc(C(F)(F)F)nn2)CC1. The monoisotopic (exact) mass is 343 g/mol. The lowest BCUT2D eigenvalue weighted by atomic mass is 10.1. The first-order valence-electron chi connectivity index (χ1n) is 8.01. The van der Waals surface area contributed by atoms with Gasteiger partial charge in [-0.3, -0.25) is 9.69 Å². The fourth-order valence-corrected chi connectivity index (χ4v) is 3.23. The van der Waals surface area contributed by atoms with E-state index in [4.69, 9.17) is 0 Å². The Labute approximate surface area is 138 Å². The van der Waals surface area contributed by atoms with Crippen LogP contribution in [0.5, 0.6) is 0 Å². The lowest BCUT2D eigenvalue weighted by molar-refractivity contribution is -0.141. The fourth-order valence-electron chi connectivity index (χ4n) is 3.23. The zero-order valence-electron chi connectivity index (χ0n) is 13.5. The van der Waals surface area contributed by atoms with Crippen LogP contribution in [-0.2, 0) is 11.0 Å². The minimum atomic E-state index is -4.48. The number of rotatable bonds is 2. The zero-order chi connectivity index (χ0) is 17.3. The first-order chi connectivity index (χ1) is 11.4. The Morgan fingerprint density at radius 1 is 1.12 bits per heavy atom. The van der Waals surface area contributed by atoms with Crippen molar-refractivity contribution >= 4 is 11.7 Å². The van der Waals surface area contributed by atoms with Gasteiger partial charge in [-0.15, -0.1) is 10.2 Å². The van der Waals surface area contributed by atoms with Gasteiger partial charge in [0.1, 0.15) is 0 Å². The standard InChI is InChI=1S/C15H20F3N5O/c1-21-6-2-3-11(21)14(24)23-9-7-22(8-10-23)13-5-4-12(19-20-13)15(16,17)18/h4-5,11H,2-3,6-10H2,1H3. The summed E-state index contributed by atoms with van der Waals surface area (Å²) in [6.45, 7) is 3.12. The fraction of sp³-hybridized carbons (Fsp3) is 0.667. The van der Waals surface area contributed by atoms with Crippen LogP contribution in [0.4, 0.5) is 19.0 Å². The van der Waals surface area contributed by atoms with Crippen LogP contribution < -0.4 is 4.90 Å². The molecule has 0 aromatic carbocycles. The number of alkyl halides is 3. The number of carbonyl (C=O) groups excluding carboxylic acids is 1. The van der Waals surface area contributed by atoms with E-state index >= 15 is 0 Å². The van der Waals surface area contributed by atoms with Crippen LogP contribution in [0.1, 0.15) is 18.5 Å². The minimum absolute atomic E-state index is 0.0394. The molecule has 2 aliphatic rings. The van der Waals surface area contributed by atoms with Crippen molar-refractivity contribution in [2.75, 3.05) is 44.7 Å². The average Bonchev–Trinajstić information content (AvgIpc) is 3.00. The molecular weight excluding hydrogens is 323 g/mol. The van der Waals surface area contributed by atoms with Crippen molar-refractivity contribution in [2.24, 2.45) is 0 Å². The summed E-state index contributed by atoms with van der Waals surface area (Å²) >= 11 is 0. The molecule has 1 unspecified atom stereocenters. The van der Waals surface area contributed by atoms with Crippen LogP contribution in [0.25, 0.3) is 0 Å². The molecule has 3 rings (SSSR count). The number of piperazine rings is 1. The summed E-state index contributed by atoms with van der Waals surface area (Å²) in [5, 5.41) is 6.92. The maximum atomic E-state index is 12.5. The number of halogens is 3. The van der Waals surface area contributed by atoms with Crippen molar-refractivity contribution in [1.82, 2.24) is 20.0 Å². The molecule has 1 aromatic rings. The van der Waals surface area contributed by atoms with Gasteiger partial charge in [0.25, 0.3) is 0 Å². The number of hydrogen-bond donors (Lipinski definition) is 0. The quantitative estimate of drug-likeness (QED) is 0.809. The molecule has 0 bridgehead atoms. The number of carbonyl (C=O) groups is 1. The molecule has 24 heavy (non-hydrogen) atoms. The molecule has 2 fully saturated rings. The maximum absolute atomic E-state index is 12.5. The van der Waals surface area contributed by atoms with Gasteiger partial charge < -0.3 is 9.80 Å². The van der Waals surface area contributed by atoms with Gasteiger partial charge in [-0.1, -0.05) is 0 Å². The van der Waals surface area contributed by atoms with E-state index in [1.807, 2.05) is 16.8 Å². The third-order valence-corrected chi connectivity index (χ3v) is 4.66. The highest BCUT2D eigenvalue weighted by Crippen LogP contribution is 2.27. The van der Waals surface area contributed by atoms with Crippen molar-refractivity contribution < 1.29 is 18.0 Å². The summed E-state index contributed by atoms with van der Waals surface area (Å²) in [5.41, 5.74) is -0.996. The lowest BCUT2D eigenvalue weighted by Gasteiger charge is -2.37. The van der Waals surface area contributed by atoms with E-state index in [1.165, 1.54) is 6.07 Å². The number of hydrogen-bond acceptors (Lipinski definition) is 5. The zero-order valence-corrected chi connectivity index (χ0v) is 13.5. The Kier molecular flexibility index (Phi) is 4.62. The van der Waals surface area contributed by atoms with Gasteiger partial charge in [0.2, 0.25) is 5.91 Å². The lowest BCUT2D eigenvalue weighted by Crippen LogP contribution is -2.53. The second-order valence-electron chi connectivity index (χ2n) is 6.23. The Balaban J connectivity index is 1.58. The third-order valence-electron chi connectivity index (χ3n) is 4.66. The van der Waals surface area contributed by atoms with E-state index in [-0.39, 0.29) is 11.9 Å². The summed E-state index contributed by atoms with van der Waals surface area (Å²) in [5.74, 6) is 0.557. The van der Waals surface area contributed by atoms with Crippen LogP contribution in [0.3, 0.4) is 0 Å². The highest BCUT2D eigenvalue weighted by atomic mass is 19.4. The first kappa shape index (κ1) is 16.9. The third kappa shape index (κ3) is 3.45. The number of nitrogens with zero attached hydrogens (tertiary/aromatic N) is 5. The van der Waals surface area contributed by atoms with Crippen molar-refractivity contribution in [3.63, 3.8) is 0 Å². The van der Waals surface area contributed by atoms with Crippen LogP contribution in [0.15, 0.2) is 12.1 Å². The summed E-state index contributed by atoms with van der Waals surface area (Å²) in [6, 6.07) is 2.23. The molecule has 0 spiro atoms. The Morgan fingerprint density at radius 3 is 2.33 bits per heavy atom. The Morgan fingerprint density at radius 2 is 1.83 bits per heavy atom. The number of anilines is 1. The molecule has 132 valence electrons. The van der Waals surface area contributed by atoms with E-state index in [1.54, 1.807) is 0 Å². The predicted octanol–water partition coefficient (Wildman–Crippen LogP) is 1.24. The molecule has 0 aliphatic carbocycles. The average molecular weight is 343 g/mol. The molecule has 1 amide bonds. The highest BCUT2D eigenvalue weighted by molar-refractivity contribution is 5.82. The Bertz CT molecular complexity index is 584. The van der Waals surface area contributed by atoms with Gasteiger partial charge in [0.05, 0.1) is 6.04 Å². The molecule has 0 N–H and O–H groups in total. The smallest absolute Gasteiger partial charge is 0.352 e. The number of aromatic nitrogens is 2. The number of likely N-dealkylation sites (tertiary alicyclic amines) is 1. The molecule has 3 heterocycles. The van der Waals surface area contributed by atoms with Gasteiger partial charge in [-0.05, 0) is 38.6 Å². The van der Waals surface area contributed by atoms with Gasteiger partial charge >= 0.3 is 6.18 Å². The molecule has 2 saturated heterocycles. The summed E-state index contributed by atoms with van der Waals surface area (Å²) in [6.07, 6.45) is -2.56. The van der Waals surface area contributed by atoms with Crippen molar-refractivity contribution in [3.05, 3.63) is 17.8 Å². The van der Waals surface area contributed by atoms with E-state index in [0.717, 1.165) is 25.5 Å². The normalized spacial score (nSPS) is 22.9. The first-order valence-corrected chi connectivity index (χ1v) is 8.01. The van der Waals surface area contributed by atoms with Crippen molar-refractivity contribution in [1.29, 1.82) is 0 Å². The van der Waals surface area contributed by atoms with Crippen LogP contribution in [0.2, 0.25) is 0 Å². The van der Waals surface area contributed by atoms with E-state index in [0.29, 0.717) is 32.0 Å². The molecule has 0 saturated carbocycles. The molecule has 2 aliphatic heterocycles. The van der Waals surface area contributed by atoms with Gasteiger partial charge in [0.15, 0.2) is 11.5 Å². The van der Waals surface area contributed by atoms with E-state index < -0.39 is 11.9 Å². The molecule has 1 aromatic heterocycles. The molecule has 1 atom stereocenters. The van der Waals surface area contributed by atoms with Crippen molar-refractivity contribution in [3.8, 4) is 0 Å². The van der Waals surface area contributed by atoms with Gasteiger partial charge in [-0.2, -0.15) is 13.2 Å². The summed E-state index contributed by atoms with van der Waals surface area (Å²) < 4.78 is 37.6. The van der Waals surface area contributed by atoms with Crippen molar-refractivity contribution in [2.45, 2.75) is 25.1 Å². The molecule has 0 radical (unpaired) electrons. The predicted molar refractivity (Wildman–Crippen MR) is 81.5 cm³/mol. The Hall–Kier alpha value is -1.90. The van der Waals surface area contributed by atoms with Crippen LogP contribution in [0, 0.1) is 0 Å². The largest absolute Gasteiger partial charge is 0.435 e. The maximum Gasteiger partial charge on any atom is 0.435 e. The second kappa shape index (κ2) is 6.54. The van der Waals surface area contributed by atoms with Gasteiger partial charge in [-0.25, -0.2) is 0 Å². The topological polar surface area (TPSA) is 52.6 Å². The second-order valence-corrected chi connectivity index (χ2v) is 6.23. The van der Waals surface area contributed by atoms with Crippen LogP contribution in [-0.4, -0.2) is 71.7 Å². The van der Waals surface area contributed by atoms with E-state index in [2.05, 4.69) is 15.1 Å². The molecule has 9 heteroatoms. The van der Waals surface area contributed by atoms with Crippen LogP contribution >= 0.6 is 0 Å². The summed E-state index contributed by atoms with van der Waals surface area (Å²) in [7, 11) is 1.96.